The van der Waals surface area contributed by atoms with Gasteiger partial charge in [0.15, 0.2) is 0 Å². The molecule has 1 aromatic carbocycles. The molecule has 0 fully saturated rings. The summed E-state index contributed by atoms with van der Waals surface area (Å²) in [5, 5.41) is 0. The first-order valence-corrected chi connectivity index (χ1v) is 7.37. The number of hydrogen-bond acceptors (Lipinski definition) is 2. The van der Waals surface area contributed by atoms with Gasteiger partial charge in [0.05, 0.1) is 5.71 Å². The Bertz CT molecular complexity index is 795. The molecule has 1 aliphatic heterocycles. The molecule has 0 saturated heterocycles. The summed E-state index contributed by atoms with van der Waals surface area (Å²) in [6.45, 7) is 3.87. The maximum Gasteiger partial charge on any atom is 0.297 e. The van der Waals surface area contributed by atoms with Crippen LogP contribution in [0.1, 0.15) is 41.8 Å². The molecular weight excluding hydrogens is 301 g/mol. The molecule has 0 atom stereocenters. The summed E-state index contributed by atoms with van der Waals surface area (Å²) in [6.07, 6.45) is 1.56. The number of benzene rings is 1. The van der Waals surface area contributed by atoms with E-state index in [0.717, 1.165) is 0 Å². The van der Waals surface area contributed by atoms with Crippen LogP contribution >= 0.6 is 0 Å². The molecule has 120 valence electrons. The van der Waals surface area contributed by atoms with Crippen LogP contribution in [0.3, 0.4) is 0 Å². The van der Waals surface area contributed by atoms with Crippen molar-refractivity contribution in [3.05, 3.63) is 64.5 Å². The number of fused-ring (bicyclic) bond motifs is 1. The van der Waals surface area contributed by atoms with E-state index >= 15 is 0 Å². The number of rotatable bonds is 2. The van der Waals surface area contributed by atoms with Crippen LogP contribution in [0.4, 0.5) is 13.2 Å². The van der Waals surface area contributed by atoms with Gasteiger partial charge in [-0.1, -0.05) is 24.3 Å². The Labute approximate surface area is 133 Å². The molecule has 0 saturated carbocycles. The first-order chi connectivity index (χ1) is 10.8. The van der Waals surface area contributed by atoms with E-state index in [2.05, 4.69) is 9.98 Å². The molecule has 3 rings (SSSR count). The lowest BCUT2D eigenvalue weighted by Gasteiger charge is -2.37. The molecule has 23 heavy (non-hydrogen) atoms. The minimum Gasteiger partial charge on any atom is -0.271 e. The van der Waals surface area contributed by atoms with Gasteiger partial charge >= 0.3 is 0 Å². The Balaban J connectivity index is 2.25. The lowest BCUT2D eigenvalue weighted by Crippen LogP contribution is -2.44. The molecule has 5 heteroatoms. The first kappa shape index (κ1) is 15.7. The van der Waals surface area contributed by atoms with Crippen LogP contribution in [0.15, 0.2) is 41.5 Å². The van der Waals surface area contributed by atoms with Gasteiger partial charge in [-0.3, -0.25) is 9.98 Å². The zero-order chi connectivity index (χ0) is 16.8. The summed E-state index contributed by atoms with van der Waals surface area (Å²) in [4.78, 5) is 8.46. The van der Waals surface area contributed by atoms with E-state index in [1.807, 2.05) is 0 Å². The van der Waals surface area contributed by atoms with Gasteiger partial charge in [-0.15, -0.1) is 0 Å². The number of aryl methyl sites for hydroxylation is 1. The van der Waals surface area contributed by atoms with Crippen molar-refractivity contribution in [2.45, 2.75) is 38.9 Å². The molecule has 0 N–H and O–H groups in total. The van der Waals surface area contributed by atoms with Crippen molar-refractivity contribution >= 4 is 5.71 Å². The maximum atomic E-state index is 14.7. The van der Waals surface area contributed by atoms with E-state index in [-0.39, 0.29) is 5.56 Å². The normalized spacial score (nSPS) is 18.3. The van der Waals surface area contributed by atoms with Crippen LogP contribution in [0.2, 0.25) is 0 Å². The van der Waals surface area contributed by atoms with Crippen LogP contribution in [-0.2, 0) is 12.6 Å². The third kappa shape index (κ3) is 2.35. The minimum atomic E-state index is -3.08. The van der Waals surface area contributed by atoms with Crippen LogP contribution in [0, 0.1) is 6.92 Å². The van der Waals surface area contributed by atoms with Crippen LogP contribution in [0.5, 0.6) is 0 Å². The number of aliphatic imine (C=N–C) groups is 1. The number of halogens is 3. The van der Waals surface area contributed by atoms with Gasteiger partial charge in [-0.05, 0) is 26.8 Å². The fraction of sp³-hybridized carbons (Fsp3) is 0.333. The summed E-state index contributed by atoms with van der Waals surface area (Å²) >= 11 is 0. The van der Waals surface area contributed by atoms with Gasteiger partial charge in [-0.25, -0.2) is 4.39 Å². The van der Waals surface area contributed by atoms with Crippen LogP contribution in [-0.4, -0.2) is 16.2 Å². The highest BCUT2D eigenvalue weighted by molar-refractivity contribution is 6.14. The molecule has 0 bridgehead atoms. The average molecular weight is 318 g/mol. The van der Waals surface area contributed by atoms with E-state index in [1.54, 1.807) is 37.4 Å². The SMILES string of the molecule is Cc1ncc(C2=NC(C)(C)C(F)(F)c3ccccc32)cc1CF. The highest BCUT2D eigenvalue weighted by atomic mass is 19.3. The Morgan fingerprint density at radius 3 is 2.52 bits per heavy atom. The fourth-order valence-corrected chi connectivity index (χ4v) is 2.77. The molecule has 0 radical (unpaired) electrons. The molecule has 2 heterocycles. The van der Waals surface area contributed by atoms with E-state index in [1.165, 1.54) is 19.9 Å². The smallest absolute Gasteiger partial charge is 0.271 e. The van der Waals surface area contributed by atoms with Crippen molar-refractivity contribution in [1.29, 1.82) is 0 Å². The second-order valence-corrected chi connectivity index (χ2v) is 6.24. The number of aromatic nitrogens is 1. The molecule has 2 nitrogen and oxygen atoms in total. The van der Waals surface area contributed by atoms with Gasteiger partial charge in [0.25, 0.3) is 5.92 Å². The monoisotopic (exact) mass is 318 g/mol. The lowest BCUT2D eigenvalue weighted by molar-refractivity contribution is -0.0681. The Morgan fingerprint density at radius 2 is 1.83 bits per heavy atom. The van der Waals surface area contributed by atoms with Crippen molar-refractivity contribution in [3.63, 3.8) is 0 Å². The van der Waals surface area contributed by atoms with Gasteiger partial charge < -0.3 is 0 Å². The number of pyridine rings is 1. The summed E-state index contributed by atoms with van der Waals surface area (Å²) in [5.41, 5.74) is 0.739. The summed E-state index contributed by atoms with van der Waals surface area (Å²) < 4.78 is 42.5. The van der Waals surface area contributed by atoms with E-state index < -0.39 is 18.1 Å². The summed E-state index contributed by atoms with van der Waals surface area (Å²) in [6, 6.07) is 7.96. The highest BCUT2D eigenvalue weighted by Gasteiger charge is 2.52. The minimum absolute atomic E-state index is 0.0580. The summed E-state index contributed by atoms with van der Waals surface area (Å²) in [5.74, 6) is -3.08. The van der Waals surface area contributed by atoms with Crippen molar-refractivity contribution < 1.29 is 13.2 Å². The van der Waals surface area contributed by atoms with E-state index in [0.29, 0.717) is 28.1 Å². The van der Waals surface area contributed by atoms with Crippen molar-refractivity contribution in [1.82, 2.24) is 4.98 Å². The lowest BCUT2D eigenvalue weighted by atomic mass is 9.81. The number of hydrogen-bond donors (Lipinski definition) is 0. The quantitative estimate of drug-likeness (QED) is 0.795. The zero-order valence-electron chi connectivity index (χ0n) is 13.2. The summed E-state index contributed by atoms with van der Waals surface area (Å²) in [7, 11) is 0. The second-order valence-electron chi connectivity index (χ2n) is 6.24. The Kier molecular flexibility index (Phi) is 3.54. The topological polar surface area (TPSA) is 25.2 Å². The average Bonchev–Trinajstić information content (AvgIpc) is 2.52. The molecule has 0 spiro atoms. The predicted octanol–water partition coefficient (Wildman–Crippen LogP) is 4.58. The van der Waals surface area contributed by atoms with Gasteiger partial charge in [0.1, 0.15) is 12.2 Å². The fourth-order valence-electron chi connectivity index (χ4n) is 2.77. The zero-order valence-corrected chi connectivity index (χ0v) is 13.2. The third-order valence-electron chi connectivity index (χ3n) is 4.29. The molecule has 1 aliphatic rings. The van der Waals surface area contributed by atoms with Crippen molar-refractivity contribution in [3.8, 4) is 0 Å². The van der Waals surface area contributed by atoms with E-state index in [9.17, 15) is 13.2 Å². The van der Waals surface area contributed by atoms with E-state index in [4.69, 9.17) is 0 Å². The Morgan fingerprint density at radius 1 is 1.13 bits per heavy atom. The largest absolute Gasteiger partial charge is 0.297 e. The van der Waals surface area contributed by atoms with Crippen LogP contribution in [0.25, 0.3) is 0 Å². The van der Waals surface area contributed by atoms with Gasteiger partial charge in [0.2, 0.25) is 0 Å². The molecule has 0 aliphatic carbocycles. The number of alkyl halides is 3. The number of nitrogens with zero attached hydrogens (tertiary/aromatic N) is 2. The standard InChI is InChI=1S/C18H17F3N2/c1-11-12(9-19)8-13(10-22-11)16-14-6-4-5-7-15(14)18(20,21)17(2,3)23-16/h4-8,10H,9H2,1-3H3. The van der Waals surface area contributed by atoms with Gasteiger partial charge in [-0.2, -0.15) is 8.78 Å². The predicted molar refractivity (Wildman–Crippen MR) is 83.8 cm³/mol. The molecule has 1 aromatic heterocycles. The van der Waals surface area contributed by atoms with Crippen molar-refractivity contribution in [2.24, 2.45) is 4.99 Å². The first-order valence-electron chi connectivity index (χ1n) is 7.37. The Hall–Kier alpha value is -2.17. The van der Waals surface area contributed by atoms with Gasteiger partial charge in [0, 0.05) is 34.1 Å². The molecule has 0 unspecified atom stereocenters. The maximum absolute atomic E-state index is 14.7. The molecule has 2 aromatic rings. The highest BCUT2D eigenvalue weighted by Crippen LogP contribution is 2.46. The third-order valence-corrected chi connectivity index (χ3v) is 4.29. The molecular formula is C18H17F3N2. The van der Waals surface area contributed by atoms with Crippen molar-refractivity contribution in [2.75, 3.05) is 0 Å². The van der Waals surface area contributed by atoms with Crippen LogP contribution < -0.4 is 0 Å². The second kappa shape index (κ2) is 5.18. The molecule has 0 amide bonds.